The van der Waals surface area contributed by atoms with Crippen LogP contribution in [-0.2, 0) is 16.7 Å². The molecule has 1 aliphatic carbocycles. The molecule has 3 nitrogen and oxygen atoms in total. The van der Waals surface area contributed by atoms with Crippen LogP contribution in [0.1, 0.15) is 37.3 Å². The molecule has 1 aliphatic heterocycles. The molecule has 1 aromatic rings. The van der Waals surface area contributed by atoms with Crippen LogP contribution in [0.25, 0.3) is 0 Å². The summed E-state index contributed by atoms with van der Waals surface area (Å²) in [5.41, 5.74) is 9.30. The minimum absolute atomic E-state index is 0.0271. The first-order valence-electron chi connectivity index (χ1n) is 7.95. The molecule has 1 fully saturated rings. The van der Waals surface area contributed by atoms with E-state index in [-0.39, 0.29) is 5.54 Å². The fourth-order valence-corrected chi connectivity index (χ4v) is 4.08. The van der Waals surface area contributed by atoms with Crippen molar-refractivity contribution in [2.75, 3.05) is 26.3 Å². The topological polar surface area (TPSA) is 38.5 Å². The number of hydrogen-bond acceptors (Lipinski definition) is 3. The fourth-order valence-electron chi connectivity index (χ4n) is 4.08. The molecular weight excluding hydrogens is 248 g/mol. The first-order valence-corrected chi connectivity index (χ1v) is 7.95. The van der Waals surface area contributed by atoms with Gasteiger partial charge in [-0.25, -0.2) is 0 Å². The number of aryl methyl sites for hydroxylation is 1. The lowest BCUT2D eigenvalue weighted by Gasteiger charge is -2.52. The monoisotopic (exact) mass is 274 g/mol. The zero-order chi connectivity index (χ0) is 14.0. The van der Waals surface area contributed by atoms with Gasteiger partial charge in [-0.3, -0.25) is 4.90 Å². The molecule has 3 rings (SSSR count). The smallest absolute Gasteiger partial charge is 0.0622 e. The molecule has 0 saturated carbocycles. The number of nitrogens with zero attached hydrogens (tertiary/aromatic N) is 1. The highest BCUT2D eigenvalue weighted by Gasteiger charge is 2.43. The molecule has 20 heavy (non-hydrogen) atoms. The van der Waals surface area contributed by atoms with Crippen LogP contribution in [0.3, 0.4) is 0 Å². The number of benzene rings is 1. The predicted molar refractivity (Wildman–Crippen MR) is 81.7 cm³/mol. The Morgan fingerprint density at radius 1 is 1.40 bits per heavy atom. The molecule has 1 aromatic carbocycles. The Kier molecular flexibility index (Phi) is 4.11. The van der Waals surface area contributed by atoms with Crippen LogP contribution in [-0.4, -0.2) is 37.2 Å². The van der Waals surface area contributed by atoms with Gasteiger partial charge in [0.15, 0.2) is 0 Å². The molecule has 1 saturated heterocycles. The molecule has 0 amide bonds. The van der Waals surface area contributed by atoms with E-state index in [1.165, 1.54) is 30.4 Å². The van der Waals surface area contributed by atoms with Crippen molar-refractivity contribution in [3.63, 3.8) is 0 Å². The summed E-state index contributed by atoms with van der Waals surface area (Å²) in [6.45, 7) is 5.65. The van der Waals surface area contributed by atoms with E-state index in [4.69, 9.17) is 10.5 Å². The predicted octanol–water partition coefficient (Wildman–Crippen LogP) is 2.29. The molecule has 2 N–H and O–H groups in total. The summed E-state index contributed by atoms with van der Waals surface area (Å²) in [6, 6.07) is 9.39. The number of morpholine rings is 1. The van der Waals surface area contributed by atoms with Crippen LogP contribution in [0.15, 0.2) is 24.3 Å². The Balaban J connectivity index is 2.03. The summed E-state index contributed by atoms with van der Waals surface area (Å²) < 4.78 is 5.69. The second-order valence-corrected chi connectivity index (χ2v) is 6.08. The number of nitrogens with two attached hydrogens (primary N) is 1. The molecule has 110 valence electrons. The molecule has 0 spiro atoms. The number of rotatable bonds is 3. The van der Waals surface area contributed by atoms with Crippen LogP contribution in [0.5, 0.6) is 0 Å². The van der Waals surface area contributed by atoms with E-state index >= 15 is 0 Å². The van der Waals surface area contributed by atoms with Gasteiger partial charge in [0.05, 0.1) is 18.8 Å². The van der Waals surface area contributed by atoms with E-state index in [0.717, 1.165) is 26.2 Å². The van der Waals surface area contributed by atoms with E-state index in [1.54, 1.807) is 0 Å². The van der Waals surface area contributed by atoms with Crippen molar-refractivity contribution in [2.24, 2.45) is 5.73 Å². The molecule has 2 unspecified atom stereocenters. The van der Waals surface area contributed by atoms with Gasteiger partial charge in [-0.1, -0.05) is 31.2 Å². The third kappa shape index (κ3) is 2.18. The van der Waals surface area contributed by atoms with Crippen molar-refractivity contribution in [3.05, 3.63) is 35.4 Å². The summed E-state index contributed by atoms with van der Waals surface area (Å²) in [6.07, 6.45) is 4.74. The van der Waals surface area contributed by atoms with E-state index < -0.39 is 0 Å². The van der Waals surface area contributed by atoms with Crippen LogP contribution < -0.4 is 5.73 Å². The first kappa shape index (κ1) is 14.1. The average Bonchev–Trinajstić information content (AvgIpc) is 2.54. The van der Waals surface area contributed by atoms with Gasteiger partial charge in [0.1, 0.15) is 0 Å². The lowest BCUT2D eigenvalue weighted by atomic mass is 9.74. The molecule has 2 aliphatic rings. The third-order valence-electron chi connectivity index (χ3n) is 5.14. The second kappa shape index (κ2) is 5.84. The lowest BCUT2D eigenvalue weighted by molar-refractivity contribution is -0.0722. The summed E-state index contributed by atoms with van der Waals surface area (Å²) in [5.74, 6) is 0. The zero-order valence-corrected chi connectivity index (χ0v) is 12.5. The number of fused-ring (bicyclic) bond motifs is 1. The summed E-state index contributed by atoms with van der Waals surface area (Å²) in [5, 5.41) is 0. The Hall–Kier alpha value is -0.900. The highest BCUT2D eigenvalue weighted by atomic mass is 16.5. The van der Waals surface area contributed by atoms with Gasteiger partial charge in [-0.2, -0.15) is 0 Å². The summed E-state index contributed by atoms with van der Waals surface area (Å²) >= 11 is 0. The fraction of sp³-hybridized carbons (Fsp3) is 0.647. The first-order chi connectivity index (χ1) is 9.81. The van der Waals surface area contributed by atoms with Crippen LogP contribution >= 0.6 is 0 Å². The molecule has 1 heterocycles. The normalized spacial score (nSPS) is 31.0. The largest absolute Gasteiger partial charge is 0.378 e. The molecule has 3 heteroatoms. The molecule has 0 bridgehead atoms. The maximum Gasteiger partial charge on any atom is 0.0622 e. The molecule has 0 aromatic heterocycles. The SMILES string of the molecule is CCC1COCCN1C1(CN)CCCc2ccccc21. The number of hydrogen-bond donors (Lipinski definition) is 1. The van der Waals surface area contributed by atoms with Gasteiger partial charge >= 0.3 is 0 Å². The van der Waals surface area contributed by atoms with Crippen molar-refractivity contribution in [2.45, 2.75) is 44.2 Å². The van der Waals surface area contributed by atoms with Crippen molar-refractivity contribution in [1.82, 2.24) is 4.90 Å². The van der Waals surface area contributed by atoms with E-state index in [9.17, 15) is 0 Å². The molecule has 0 radical (unpaired) electrons. The van der Waals surface area contributed by atoms with Crippen LogP contribution in [0.4, 0.5) is 0 Å². The maximum atomic E-state index is 6.32. The molecule has 2 atom stereocenters. The highest BCUT2D eigenvalue weighted by Crippen LogP contribution is 2.41. The van der Waals surface area contributed by atoms with Crippen molar-refractivity contribution in [1.29, 1.82) is 0 Å². The van der Waals surface area contributed by atoms with Crippen molar-refractivity contribution in [3.8, 4) is 0 Å². The van der Waals surface area contributed by atoms with Crippen molar-refractivity contribution < 1.29 is 4.74 Å². The third-order valence-corrected chi connectivity index (χ3v) is 5.14. The van der Waals surface area contributed by atoms with E-state index in [1.807, 2.05) is 0 Å². The Bertz CT molecular complexity index is 462. The van der Waals surface area contributed by atoms with Crippen molar-refractivity contribution >= 4 is 0 Å². The maximum absolute atomic E-state index is 6.32. The number of ether oxygens (including phenoxy) is 1. The van der Waals surface area contributed by atoms with E-state index in [2.05, 4.69) is 36.1 Å². The van der Waals surface area contributed by atoms with Gasteiger partial charge in [-0.15, -0.1) is 0 Å². The Morgan fingerprint density at radius 3 is 3.05 bits per heavy atom. The molecular formula is C17H26N2O. The minimum atomic E-state index is 0.0271. The summed E-state index contributed by atoms with van der Waals surface area (Å²) in [4.78, 5) is 2.65. The quantitative estimate of drug-likeness (QED) is 0.919. The highest BCUT2D eigenvalue weighted by molar-refractivity contribution is 5.37. The van der Waals surface area contributed by atoms with Gasteiger partial charge in [0, 0.05) is 19.1 Å². The van der Waals surface area contributed by atoms with Crippen LogP contribution in [0.2, 0.25) is 0 Å². The lowest BCUT2D eigenvalue weighted by Crippen LogP contribution is -2.60. The second-order valence-electron chi connectivity index (χ2n) is 6.08. The van der Waals surface area contributed by atoms with Gasteiger partial charge in [-0.05, 0) is 36.8 Å². The Morgan fingerprint density at radius 2 is 2.25 bits per heavy atom. The van der Waals surface area contributed by atoms with Gasteiger partial charge < -0.3 is 10.5 Å². The Labute approximate surface area is 122 Å². The van der Waals surface area contributed by atoms with Crippen LogP contribution in [0, 0.1) is 0 Å². The van der Waals surface area contributed by atoms with E-state index in [0.29, 0.717) is 12.6 Å². The standard InChI is InChI=1S/C17H26N2O/c1-2-15-12-20-11-10-19(15)17(13-18)9-5-7-14-6-3-4-8-16(14)17/h3-4,6,8,15H,2,5,7,9-13,18H2,1H3. The average molecular weight is 274 g/mol. The van der Waals surface area contributed by atoms with Gasteiger partial charge in [0.25, 0.3) is 0 Å². The summed E-state index contributed by atoms with van der Waals surface area (Å²) in [7, 11) is 0. The minimum Gasteiger partial charge on any atom is -0.378 e. The van der Waals surface area contributed by atoms with Gasteiger partial charge in [0.2, 0.25) is 0 Å². The zero-order valence-electron chi connectivity index (χ0n) is 12.5.